The highest BCUT2D eigenvalue weighted by molar-refractivity contribution is 9.10. The summed E-state index contributed by atoms with van der Waals surface area (Å²) in [4.78, 5) is 0. The fourth-order valence-corrected chi connectivity index (χ4v) is 2.33. The van der Waals surface area contributed by atoms with Crippen molar-refractivity contribution < 1.29 is 4.74 Å². The van der Waals surface area contributed by atoms with E-state index in [0.717, 1.165) is 16.0 Å². The van der Waals surface area contributed by atoms with Crippen LogP contribution in [-0.4, -0.2) is 14.8 Å². The molecule has 19 heavy (non-hydrogen) atoms. The number of rotatable bonds is 5. The maximum absolute atomic E-state index is 5.87. The van der Waals surface area contributed by atoms with Crippen molar-refractivity contribution in [3.63, 3.8) is 0 Å². The fourth-order valence-electron chi connectivity index (χ4n) is 1.74. The maximum atomic E-state index is 5.87. The number of allylic oxidation sites excluding steroid dienone is 1. The van der Waals surface area contributed by atoms with Gasteiger partial charge in [-0.25, -0.2) is 0 Å². The van der Waals surface area contributed by atoms with E-state index in [9.17, 15) is 0 Å². The lowest BCUT2D eigenvalue weighted by atomic mass is 10.3. The largest absolute Gasteiger partial charge is 0.483 e. The molecule has 0 aliphatic carbocycles. The molecule has 0 bridgehead atoms. The molecule has 1 N–H and O–H groups in total. The topological polar surface area (TPSA) is 42.8 Å². The zero-order valence-corrected chi connectivity index (χ0v) is 12.9. The minimum absolute atomic E-state index is 0.206. The summed E-state index contributed by atoms with van der Waals surface area (Å²) in [6, 6.07) is 7.69. The van der Waals surface area contributed by atoms with E-state index in [4.69, 9.17) is 17.0 Å². The van der Waals surface area contributed by atoms with E-state index in [0.29, 0.717) is 11.3 Å². The van der Waals surface area contributed by atoms with Gasteiger partial charge in [-0.1, -0.05) is 28.1 Å². The van der Waals surface area contributed by atoms with E-state index in [1.54, 1.807) is 6.08 Å². The Morgan fingerprint density at radius 2 is 2.42 bits per heavy atom. The second-order valence-electron chi connectivity index (χ2n) is 4.00. The highest BCUT2D eigenvalue weighted by atomic mass is 79.9. The van der Waals surface area contributed by atoms with Gasteiger partial charge in [0.15, 0.2) is 16.7 Å². The highest BCUT2D eigenvalue weighted by Gasteiger charge is 2.15. The van der Waals surface area contributed by atoms with Crippen LogP contribution in [0.25, 0.3) is 0 Å². The van der Waals surface area contributed by atoms with E-state index < -0.39 is 0 Å². The number of halogens is 1. The molecule has 0 saturated carbocycles. The predicted octanol–water partition coefficient (Wildman–Crippen LogP) is 4.03. The summed E-state index contributed by atoms with van der Waals surface area (Å²) < 4.78 is 9.28. The van der Waals surface area contributed by atoms with Crippen LogP contribution in [0, 0.1) is 4.77 Å². The molecular weight excluding hydrogens is 326 g/mol. The predicted molar refractivity (Wildman–Crippen MR) is 80.8 cm³/mol. The summed E-state index contributed by atoms with van der Waals surface area (Å²) in [6.07, 6.45) is 1.57. The number of H-pyrrole nitrogens is 1. The third kappa shape index (κ3) is 3.33. The van der Waals surface area contributed by atoms with Crippen LogP contribution < -0.4 is 4.74 Å². The third-order valence-electron chi connectivity index (χ3n) is 2.57. The average molecular weight is 340 g/mol. The van der Waals surface area contributed by atoms with Gasteiger partial charge in [-0.05, 0) is 37.3 Å². The Hall–Kier alpha value is -1.40. The summed E-state index contributed by atoms with van der Waals surface area (Å²) in [5.41, 5.74) is 0. The van der Waals surface area contributed by atoms with Gasteiger partial charge in [0.25, 0.3) is 0 Å². The molecule has 0 spiro atoms. The van der Waals surface area contributed by atoms with Gasteiger partial charge in [-0.15, -0.1) is 6.58 Å². The second kappa shape index (κ2) is 6.16. The van der Waals surface area contributed by atoms with Crippen molar-refractivity contribution >= 4 is 28.1 Å². The monoisotopic (exact) mass is 339 g/mol. The van der Waals surface area contributed by atoms with Crippen molar-refractivity contribution in [1.82, 2.24) is 14.8 Å². The lowest BCUT2D eigenvalue weighted by Gasteiger charge is -2.14. The number of ether oxygens (including phenoxy) is 1. The number of aromatic amines is 1. The molecule has 0 saturated heterocycles. The van der Waals surface area contributed by atoms with Gasteiger partial charge in [0.05, 0.1) is 0 Å². The molecule has 100 valence electrons. The highest BCUT2D eigenvalue weighted by Crippen LogP contribution is 2.23. The van der Waals surface area contributed by atoms with Crippen LogP contribution in [0.15, 0.2) is 41.4 Å². The summed E-state index contributed by atoms with van der Waals surface area (Å²) in [5, 5.41) is 6.99. The zero-order valence-electron chi connectivity index (χ0n) is 10.5. The van der Waals surface area contributed by atoms with Crippen LogP contribution in [0.1, 0.15) is 18.9 Å². The first kappa shape index (κ1) is 14.0. The Morgan fingerprint density at radius 3 is 3.11 bits per heavy atom. The first-order valence-corrected chi connectivity index (χ1v) is 7.00. The lowest BCUT2D eigenvalue weighted by molar-refractivity contribution is 0.211. The molecule has 6 heteroatoms. The molecule has 0 aliphatic rings. The normalized spacial score (nSPS) is 12.1. The maximum Gasteiger partial charge on any atom is 0.195 e. The molecule has 0 amide bonds. The van der Waals surface area contributed by atoms with Crippen LogP contribution in [0.4, 0.5) is 0 Å². The SMILES string of the molecule is C=CCn1c(C(C)Oc2cccc(Br)c2)n[nH]c1=S. The van der Waals surface area contributed by atoms with Crippen molar-refractivity contribution in [1.29, 1.82) is 0 Å². The molecule has 2 aromatic rings. The zero-order chi connectivity index (χ0) is 13.8. The van der Waals surface area contributed by atoms with Crippen molar-refractivity contribution in [2.45, 2.75) is 19.6 Å². The molecule has 2 rings (SSSR count). The van der Waals surface area contributed by atoms with E-state index in [-0.39, 0.29) is 6.10 Å². The number of hydrogen-bond acceptors (Lipinski definition) is 3. The number of nitrogens with zero attached hydrogens (tertiary/aromatic N) is 2. The molecule has 4 nitrogen and oxygen atoms in total. The van der Waals surface area contributed by atoms with Crippen LogP contribution in [0.5, 0.6) is 5.75 Å². The Bertz CT molecular complexity index is 635. The summed E-state index contributed by atoms with van der Waals surface area (Å²) in [7, 11) is 0. The van der Waals surface area contributed by atoms with Gasteiger partial charge in [0.1, 0.15) is 5.75 Å². The van der Waals surface area contributed by atoms with Crippen molar-refractivity contribution in [3.8, 4) is 5.75 Å². The first-order valence-electron chi connectivity index (χ1n) is 5.80. The molecule has 1 aromatic heterocycles. The first-order chi connectivity index (χ1) is 9.11. The molecule has 1 atom stereocenters. The second-order valence-corrected chi connectivity index (χ2v) is 5.31. The van der Waals surface area contributed by atoms with Gasteiger partial charge in [0, 0.05) is 11.0 Å². The summed E-state index contributed by atoms with van der Waals surface area (Å²) in [5.74, 6) is 1.53. The Kier molecular flexibility index (Phi) is 4.55. The standard InChI is InChI=1S/C13H14BrN3OS/c1-3-7-17-12(15-16-13(17)19)9(2)18-11-6-4-5-10(14)8-11/h3-6,8-9H,1,7H2,2H3,(H,16,19). The molecule has 0 radical (unpaired) electrons. The van der Waals surface area contributed by atoms with E-state index >= 15 is 0 Å². The van der Waals surface area contributed by atoms with Gasteiger partial charge in [-0.3, -0.25) is 9.67 Å². The Balaban J connectivity index is 2.22. The number of nitrogens with one attached hydrogen (secondary N) is 1. The number of aromatic nitrogens is 3. The third-order valence-corrected chi connectivity index (χ3v) is 3.38. The van der Waals surface area contributed by atoms with E-state index in [1.807, 2.05) is 35.8 Å². The lowest BCUT2D eigenvalue weighted by Crippen LogP contribution is -2.11. The van der Waals surface area contributed by atoms with Crippen molar-refractivity contribution in [3.05, 3.63) is 52.0 Å². The molecule has 0 fully saturated rings. The number of hydrogen-bond donors (Lipinski definition) is 1. The minimum Gasteiger partial charge on any atom is -0.483 e. The van der Waals surface area contributed by atoms with Gasteiger partial charge in [0.2, 0.25) is 0 Å². The van der Waals surface area contributed by atoms with Gasteiger partial charge in [-0.2, -0.15) is 5.10 Å². The van der Waals surface area contributed by atoms with Crippen LogP contribution in [0.2, 0.25) is 0 Å². The average Bonchev–Trinajstić information content (AvgIpc) is 2.72. The van der Waals surface area contributed by atoms with Crippen molar-refractivity contribution in [2.24, 2.45) is 0 Å². The fraction of sp³-hybridized carbons (Fsp3) is 0.231. The molecule has 0 aliphatic heterocycles. The van der Waals surface area contributed by atoms with Crippen LogP contribution in [0.3, 0.4) is 0 Å². The van der Waals surface area contributed by atoms with Crippen LogP contribution in [-0.2, 0) is 6.54 Å². The smallest absolute Gasteiger partial charge is 0.195 e. The van der Waals surface area contributed by atoms with E-state index in [1.165, 1.54) is 0 Å². The Morgan fingerprint density at radius 1 is 1.63 bits per heavy atom. The van der Waals surface area contributed by atoms with Gasteiger partial charge >= 0.3 is 0 Å². The summed E-state index contributed by atoms with van der Waals surface area (Å²) in [6.45, 7) is 6.26. The van der Waals surface area contributed by atoms with Gasteiger partial charge < -0.3 is 4.74 Å². The molecule has 1 unspecified atom stereocenters. The quantitative estimate of drug-likeness (QED) is 0.660. The molecule has 1 heterocycles. The summed E-state index contributed by atoms with van der Waals surface area (Å²) >= 11 is 8.59. The van der Waals surface area contributed by atoms with Crippen LogP contribution >= 0.6 is 28.1 Å². The Labute approximate surface area is 125 Å². The molecular formula is C13H14BrN3OS. The molecule has 1 aromatic carbocycles. The van der Waals surface area contributed by atoms with Crippen molar-refractivity contribution in [2.75, 3.05) is 0 Å². The number of benzene rings is 1. The minimum atomic E-state index is -0.206. The van der Waals surface area contributed by atoms with E-state index in [2.05, 4.69) is 32.7 Å².